The van der Waals surface area contributed by atoms with Crippen molar-refractivity contribution >= 4 is 23.0 Å². The average molecular weight is 368 g/mol. The highest BCUT2D eigenvalue weighted by Gasteiger charge is 2.13. The Morgan fingerprint density at radius 2 is 2.00 bits per heavy atom. The molecule has 0 atom stereocenters. The van der Waals surface area contributed by atoms with Crippen molar-refractivity contribution < 1.29 is 19.6 Å². The number of nitro benzene ring substituents is 1. The molecule has 0 aliphatic rings. The Morgan fingerprint density at radius 1 is 1.30 bits per heavy atom. The summed E-state index contributed by atoms with van der Waals surface area (Å²) in [6.45, 7) is 1.70. The topological polar surface area (TPSA) is 138 Å². The highest BCUT2D eigenvalue weighted by molar-refractivity contribution is 6.07. The van der Waals surface area contributed by atoms with Gasteiger partial charge in [0.1, 0.15) is 23.1 Å². The number of phenols is 1. The first-order chi connectivity index (χ1) is 12.8. The Labute approximate surface area is 154 Å². The van der Waals surface area contributed by atoms with Crippen molar-refractivity contribution in [2.45, 2.75) is 6.92 Å². The second kappa shape index (κ2) is 8.35. The van der Waals surface area contributed by atoms with Gasteiger partial charge in [-0.15, -0.1) is 0 Å². The van der Waals surface area contributed by atoms with Gasteiger partial charge in [-0.2, -0.15) is 5.26 Å². The van der Waals surface area contributed by atoms with Crippen LogP contribution in [-0.2, 0) is 4.79 Å². The van der Waals surface area contributed by atoms with Gasteiger partial charge >= 0.3 is 0 Å². The van der Waals surface area contributed by atoms with E-state index < -0.39 is 10.8 Å². The second-order valence-electron chi connectivity index (χ2n) is 5.41. The summed E-state index contributed by atoms with van der Waals surface area (Å²) in [5.41, 5.74) is 1.06. The van der Waals surface area contributed by atoms with Gasteiger partial charge in [-0.05, 0) is 36.8 Å². The molecule has 0 saturated heterocycles. The van der Waals surface area contributed by atoms with Crippen molar-refractivity contribution in [2.75, 3.05) is 17.7 Å². The van der Waals surface area contributed by atoms with Crippen LogP contribution in [0, 0.1) is 28.4 Å². The molecule has 2 rings (SSSR count). The van der Waals surface area contributed by atoms with Gasteiger partial charge < -0.3 is 20.5 Å². The molecule has 0 saturated carbocycles. The molecule has 3 N–H and O–H groups in total. The number of carbonyl (C=O) groups is 1. The Kier molecular flexibility index (Phi) is 5.96. The number of aromatic hydroxyl groups is 1. The number of phenolic OH excluding ortho intramolecular Hbond substituents is 1. The lowest BCUT2D eigenvalue weighted by molar-refractivity contribution is -0.384. The first kappa shape index (κ1) is 19.3. The van der Waals surface area contributed by atoms with E-state index in [0.29, 0.717) is 16.9 Å². The average Bonchev–Trinajstić information content (AvgIpc) is 2.64. The Hall–Kier alpha value is -4.06. The standard InChI is InChI=1S/C18H16N4O5/c1-11-7-14(23)4-6-15(11)21-18(24)12(9-19)10-20-16-5-3-13(22(25)26)8-17(16)27-2/h3-8,10,20,23H,1-2H3,(H,21,24)/b12-10-. The first-order valence-electron chi connectivity index (χ1n) is 7.66. The number of nitrogens with zero attached hydrogens (tertiary/aromatic N) is 2. The van der Waals surface area contributed by atoms with Crippen LogP contribution in [0.4, 0.5) is 17.1 Å². The van der Waals surface area contributed by atoms with E-state index >= 15 is 0 Å². The number of anilines is 2. The number of nitro groups is 1. The highest BCUT2D eigenvalue weighted by atomic mass is 16.6. The summed E-state index contributed by atoms with van der Waals surface area (Å²) in [5, 5.41) is 34.8. The molecule has 9 heteroatoms. The fourth-order valence-electron chi connectivity index (χ4n) is 2.19. The lowest BCUT2D eigenvalue weighted by Crippen LogP contribution is -2.15. The molecule has 9 nitrogen and oxygen atoms in total. The fourth-order valence-corrected chi connectivity index (χ4v) is 2.19. The first-order valence-corrected chi connectivity index (χ1v) is 7.66. The van der Waals surface area contributed by atoms with Gasteiger partial charge in [-0.25, -0.2) is 0 Å². The number of aryl methyl sites for hydroxylation is 1. The lowest BCUT2D eigenvalue weighted by Gasteiger charge is -2.10. The van der Waals surface area contributed by atoms with E-state index in [2.05, 4.69) is 10.6 Å². The maximum atomic E-state index is 12.3. The van der Waals surface area contributed by atoms with Crippen LogP contribution in [-0.4, -0.2) is 23.0 Å². The van der Waals surface area contributed by atoms with Crippen LogP contribution < -0.4 is 15.4 Å². The molecule has 1 amide bonds. The predicted molar refractivity (Wildman–Crippen MR) is 98.4 cm³/mol. The van der Waals surface area contributed by atoms with Gasteiger partial charge in [0.15, 0.2) is 0 Å². The van der Waals surface area contributed by atoms with E-state index in [9.17, 15) is 25.3 Å². The number of ether oxygens (including phenoxy) is 1. The van der Waals surface area contributed by atoms with Crippen LogP contribution >= 0.6 is 0 Å². The van der Waals surface area contributed by atoms with Crippen LogP contribution in [0.5, 0.6) is 11.5 Å². The van der Waals surface area contributed by atoms with Crippen molar-refractivity contribution in [1.82, 2.24) is 0 Å². The van der Waals surface area contributed by atoms with E-state index in [0.717, 1.165) is 0 Å². The van der Waals surface area contributed by atoms with Crippen molar-refractivity contribution in [3.8, 4) is 17.6 Å². The third kappa shape index (κ3) is 4.73. The highest BCUT2D eigenvalue weighted by Crippen LogP contribution is 2.29. The minimum Gasteiger partial charge on any atom is -0.508 e. The van der Waals surface area contributed by atoms with Gasteiger partial charge in [0.05, 0.1) is 23.8 Å². The van der Waals surface area contributed by atoms with Crippen molar-refractivity contribution in [3.05, 3.63) is 63.8 Å². The molecule has 27 heavy (non-hydrogen) atoms. The summed E-state index contributed by atoms with van der Waals surface area (Å²) >= 11 is 0. The molecule has 2 aromatic rings. The molecule has 0 radical (unpaired) electrons. The maximum Gasteiger partial charge on any atom is 0.273 e. The summed E-state index contributed by atoms with van der Waals surface area (Å²) in [6.07, 6.45) is 1.18. The molecular weight excluding hydrogens is 352 g/mol. The van der Waals surface area contributed by atoms with Gasteiger partial charge in [-0.3, -0.25) is 14.9 Å². The predicted octanol–water partition coefficient (Wildman–Crippen LogP) is 3.08. The van der Waals surface area contributed by atoms with Crippen LogP contribution in [0.25, 0.3) is 0 Å². The van der Waals surface area contributed by atoms with Crippen LogP contribution in [0.2, 0.25) is 0 Å². The summed E-state index contributed by atoms with van der Waals surface area (Å²) in [5.74, 6) is -0.402. The van der Waals surface area contributed by atoms with Gasteiger partial charge in [0, 0.05) is 18.0 Å². The van der Waals surface area contributed by atoms with Gasteiger partial charge in [0.2, 0.25) is 0 Å². The van der Waals surface area contributed by atoms with Gasteiger partial charge in [0.25, 0.3) is 11.6 Å². The normalized spacial score (nSPS) is 10.6. The van der Waals surface area contributed by atoms with Crippen LogP contribution in [0.3, 0.4) is 0 Å². The molecule has 0 aliphatic heterocycles. The molecule has 0 spiro atoms. The number of carbonyl (C=O) groups excluding carboxylic acids is 1. The van der Waals surface area contributed by atoms with E-state index in [1.807, 2.05) is 0 Å². The smallest absolute Gasteiger partial charge is 0.273 e. The number of rotatable bonds is 6. The summed E-state index contributed by atoms with van der Waals surface area (Å²) < 4.78 is 5.08. The Bertz CT molecular complexity index is 963. The van der Waals surface area contributed by atoms with Crippen molar-refractivity contribution in [2.24, 2.45) is 0 Å². The molecule has 138 valence electrons. The molecular formula is C18H16N4O5. The summed E-state index contributed by atoms with van der Waals surface area (Å²) in [4.78, 5) is 22.5. The van der Waals surface area contributed by atoms with E-state index in [4.69, 9.17) is 4.74 Å². The number of amides is 1. The van der Waals surface area contributed by atoms with Crippen LogP contribution in [0.1, 0.15) is 5.56 Å². The molecule has 0 aromatic heterocycles. The SMILES string of the molecule is COc1cc([N+](=O)[O-])ccc1N/C=C(/C#N)C(=O)Nc1ccc(O)cc1C. The maximum absolute atomic E-state index is 12.3. The summed E-state index contributed by atoms with van der Waals surface area (Å²) in [6, 6.07) is 10.1. The molecule has 2 aromatic carbocycles. The largest absolute Gasteiger partial charge is 0.508 e. The lowest BCUT2D eigenvalue weighted by atomic mass is 10.2. The van der Waals surface area contributed by atoms with Crippen LogP contribution in [0.15, 0.2) is 48.2 Å². The zero-order valence-electron chi connectivity index (χ0n) is 14.5. The van der Waals surface area contributed by atoms with Crippen molar-refractivity contribution in [3.63, 3.8) is 0 Å². The third-order valence-corrected chi connectivity index (χ3v) is 3.59. The minimum absolute atomic E-state index is 0.0634. The van der Waals surface area contributed by atoms with E-state index in [1.165, 1.54) is 49.7 Å². The van der Waals surface area contributed by atoms with E-state index in [-0.39, 0.29) is 22.8 Å². The summed E-state index contributed by atoms with van der Waals surface area (Å²) in [7, 11) is 1.35. The number of nitriles is 1. The monoisotopic (exact) mass is 368 g/mol. The number of non-ortho nitro benzene ring substituents is 1. The quantitative estimate of drug-likeness (QED) is 0.234. The number of methoxy groups -OCH3 is 1. The number of benzene rings is 2. The zero-order chi connectivity index (χ0) is 20.0. The molecule has 0 bridgehead atoms. The molecule has 0 aliphatic carbocycles. The number of nitrogens with one attached hydrogen (secondary N) is 2. The second-order valence-corrected chi connectivity index (χ2v) is 5.41. The Balaban J connectivity index is 2.20. The third-order valence-electron chi connectivity index (χ3n) is 3.59. The zero-order valence-corrected chi connectivity index (χ0v) is 14.5. The Morgan fingerprint density at radius 3 is 2.59 bits per heavy atom. The molecule has 0 heterocycles. The fraction of sp³-hybridized carbons (Fsp3) is 0.111. The van der Waals surface area contributed by atoms with Gasteiger partial charge in [-0.1, -0.05) is 0 Å². The van der Waals surface area contributed by atoms with E-state index in [1.54, 1.807) is 13.0 Å². The molecule has 0 fully saturated rings. The van der Waals surface area contributed by atoms with Crippen molar-refractivity contribution in [1.29, 1.82) is 5.26 Å². The minimum atomic E-state index is -0.653. The number of hydrogen-bond acceptors (Lipinski definition) is 7. The number of hydrogen-bond donors (Lipinski definition) is 3. The molecule has 0 unspecified atom stereocenters.